The van der Waals surface area contributed by atoms with Gasteiger partial charge in [-0.25, -0.2) is 9.97 Å². The van der Waals surface area contributed by atoms with Crippen LogP contribution in [-0.2, 0) is 12.7 Å². The number of alkyl halides is 3. The second-order valence-corrected chi connectivity index (χ2v) is 5.51. The summed E-state index contributed by atoms with van der Waals surface area (Å²) in [5.74, 6) is 0.721. The molecule has 7 heteroatoms. The van der Waals surface area contributed by atoms with Gasteiger partial charge in [0, 0.05) is 30.7 Å². The van der Waals surface area contributed by atoms with Gasteiger partial charge in [-0.2, -0.15) is 13.2 Å². The molecule has 2 aromatic heterocycles. The highest BCUT2D eigenvalue weighted by atomic mass is 19.4. The third-order valence-electron chi connectivity index (χ3n) is 3.70. The summed E-state index contributed by atoms with van der Waals surface area (Å²) in [5, 5.41) is 3.16. The van der Waals surface area contributed by atoms with Crippen molar-refractivity contribution in [3.8, 4) is 11.4 Å². The van der Waals surface area contributed by atoms with Crippen LogP contribution in [0.4, 0.5) is 19.0 Å². The van der Waals surface area contributed by atoms with Gasteiger partial charge in [-0.3, -0.25) is 4.98 Å². The quantitative estimate of drug-likeness (QED) is 0.758. The van der Waals surface area contributed by atoms with Gasteiger partial charge in [-0.15, -0.1) is 0 Å². The lowest BCUT2D eigenvalue weighted by Gasteiger charge is -2.10. The van der Waals surface area contributed by atoms with Crippen molar-refractivity contribution in [1.29, 1.82) is 0 Å². The van der Waals surface area contributed by atoms with Crippen molar-refractivity contribution in [3.63, 3.8) is 0 Å². The van der Waals surface area contributed by atoms with Crippen LogP contribution in [0.5, 0.6) is 0 Å². The highest BCUT2D eigenvalue weighted by Crippen LogP contribution is 2.30. The van der Waals surface area contributed by atoms with Crippen molar-refractivity contribution < 1.29 is 13.2 Å². The zero-order valence-corrected chi connectivity index (χ0v) is 13.4. The van der Waals surface area contributed by atoms with Crippen LogP contribution < -0.4 is 5.32 Å². The van der Waals surface area contributed by atoms with Crippen molar-refractivity contribution in [2.45, 2.75) is 19.6 Å². The van der Waals surface area contributed by atoms with E-state index in [1.807, 2.05) is 31.2 Å². The number of rotatable bonds is 4. The van der Waals surface area contributed by atoms with E-state index in [9.17, 15) is 13.2 Å². The zero-order valence-electron chi connectivity index (χ0n) is 13.4. The van der Waals surface area contributed by atoms with Gasteiger partial charge in [0.15, 0.2) is 5.82 Å². The van der Waals surface area contributed by atoms with Gasteiger partial charge in [-0.1, -0.05) is 24.3 Å². The molecule has 0 saturated carbocycles. The molecule has 0 atom stereocenters. The average molecular weight is 344 g/mol. The van der Waals surface area contributed by atoms with Crippen LogP contribution in [0.3, 0.4) is 0 Å². The number of halogens is 3. The summed E-state index contributed by atoms with van der Waals surface area (Å²) in [5.41, 5.74) is 1.65. The van der Waals surface area contributed by atoms with Gasteiger partial charge in [0.05, 0.1) is 5.56 Å². The first-order chi connectivity index (χ1) is 11.9. The Kier molecular flexibility index (Phi) is 4.65. The Morgan fingerprint density at radius 3 is 2.64 bits per heavy atom. The van der Waals surface area contributed by atoms with Gasteiger partial charge in [0.1, 0.15) is 5.82 Å². The summed E-state index contributed by atoms with van der Waals surface area (Å²) in [6.07, 6.45) is -0.855. The van der Waals surface area contributed by atoms with E-state index in [1.165, 1.54) is 12.4 Å². The molecule has 128 valence electrons. The summed E-state index contributed by atoms with van der Waals surface area (Å²) >= 11 is 0. The molecule has 0 aliphatic rings. The summed E-state index contributed by atoms with van der Waals surface area (Å²) < 4.78 is 38.4. The van der Waals surface area contributed by atoms with E-state index in [1.54, 1.807) is 6.07 Å². The topological polar surface area (TPSA) is 50.7 Å². The third-order valence-corrected chi connectivity index (χ3v) is 3.70. The Morgan fingerprint density at radius 2 is 1.88 bits per heavy atom. The summed E-state index contributed by atoms with van der Waals surface area (Å²) in [4.78, 5) is 12.0. The Morgan fingerprint density at radius 1 is 1.08 bits per heavy atom. The molecule has 1 N–H and O–H groups in total. The molecular formula is C18H15F3N4. The molecule has 0 aliphatic carbocycles. The van der Waals surface area contributed by atoms with Crippen LogP contribution in [0.15, 0.2) is 55.0 Å². The predicted molar refractivity (Wildman–Crippen MR) is 88.8 cm³/mol. The standard InChI is InChI=1S/C18H15F3N4/c1-12-4-2-3-5-13(12)10-24-16-6-7-23-17(25-16)14-8-15(11-22-9-14)18(19,20)21/h2-9,11H,10H2,1H3,(H,23,24,25). The molecule has 4 nitrogen and oxygen atoms in total. The molecular weight excluding hydrogens is 329 g/mol. The zero-order chi connectivity index (χ0) is 17.9. The number of nitrogens with one attached hydrogen (secondary N) is 1. The van der Waals surface area contributed by atoms with E-state index >= 15 is 0 Å². The Labute approximate surface area is 142 Å². The number of hydrogen-bond acceptors (Lipinski definition) is 4. The fourth-order valence-corrected chi connectivity index (χ4v) is 2.31. The molecule has 3 aromatic rings. The smallest absolute Gasteiger partial charge is 0.366 e. The van der Waals surface area contributed by atoms with Crippen LogP contribution >= 0.6 is 0 Å². The predicted octanol–water partition coefficient (Wildman–Crippen LogP) is 4.48. The lowest BCUT2D eigenvalue weighted by atomic mass is 10.1. The second kappa shape index (κ2) is 6.88. The first kappa shape index (κ1) is 16.9. The van der Waals surface area contributed by atoms with Gasteiger partial charge in [-0.05, 0) is 30.2 Å². The van der Waals surface area contributed by atoms with Crippen LogP contribution in [0, 0.1) is 6.92 Å². The first-order valence-corrected chi connectivity index (χ1v) is 7.57. The fourth-order valence-electron chi connectivity index (χ4n) is 2.31. The molecule has 2 heterocycles. The van der Waals surface area contributed by atoms with E-state index in [-0.39, 0.29) is 11.4 Å². The summed E-state index contributed by atoms with van der Waals surface area (Å²) in [7, 11) is 0. The van der Waals surface area contributed by atoms with Crippen molar-refractivity contribution in [2.24, 2.45) is 0 Å². The molecule has 0 unspecified atom stereocenters. The molecule has 0 saturated heterocycles. The fraction of sp³-hybridized carbons (Fsp3) is 0.167. The maximum absolute atomic E-state index is 12.8. The van der Waals surface area contributed by atoms with Crippen molar-refractivity contribution >= 4 is 5.82 Å². The maximum atomic E-state index is 12.8. The first-order valence-electron chi connectivity index (χ1n) is 7.57. The number of hydrogen-bond donors (Lipinski definition) is 1. The van der Waals surface area contributed by atoms with Gasteiger partial charge in [0.2, 0.25) is 0 Å². The SMILES string of the molecule is Cc1ccccc1CNc1ccnc(-c2cncc(C(F)(F)F)c2)n1. The molecule has 1 aromatic carbocycles. The largest absolute Gasteiger partial charge is 0.417 e. The van der Waals surface area contributed by atoms with E-state index in [2.05, 4.69) is 20.3 Å². The lowest BCUT2D eigenvalue weighted by molar-refractivity contribution is -0.137. The Bertz CT molecular complexity index is 878. The van der Waals surface area contributed by atoms with Crippen molar-refractivity contribution in [3.05, 3.63) is 71.7 Å². The molecule has 0 spiro atoms. The molecule has 0 bridgehead atoms. The number of aromatic nitrogens is 3. The Balaban J connectivity index is 1.81. The summed E-state index contributed by atoms with van der Waals surface area (Å²) in [6.45, 7) is 2.57. The maximum Gasteiger partial charge on any atom is 0.417 e. The summed E-state index contributed by atoms with van der Waals surface area (Å²) in [6, 6.07) is 10.6. The van der Waals surface area contributed by atoms with Crippen molar-refractivity contribution in [2.75, 3.05) is 5.32 Å². The average Bonchev–Trinajstić information content (AvgIpc) is 2.61. The minimum Gasteiger partial charge on any atom is -0.366 e. The van der Waals surface area contributed by atoms with E-state index in [0.29, 0.717) is 12.4 Å². The molecule has 3 rings (SSSR count). The lowest BCUT2D eigenvalue weighted by Crippen LogP contribution is -2.06. The molecule has 25 heavy (non-hydrogen) atoms. The minimum atomic E-state index is -4.45. The minimum absolute atomic E-state index is 0.188. The monoisotopic (exact) mass is 344 g/mol. The Hall–Kier alpha value is -2.96. The van der Waals surface area contributed by atoms with E-state index in [0.717, 1.165) is 23.4 Å². The highest BCUT2D eigenvalue weighted by molar-refractivity contribution is 5.56. The van der Waals surface area contributed by atoms with Crippen LogP contribution in [0.25, 0.3) is 11.4 Å². The van der Waals surface area contributed by atoms with E-state index < -0.39 is 11.7 Å². The van der Waals surface area contributed by atoms with Gasteiger partial charge < -0.3 is 5.32 Å². The normalized spacial score (nSPS) is 11.4. The van der Waals surface area contributed by atoms with Crippen LogP contribution in [0.1, 0.15) is 16.7 Å². The molecule has 0 fully saturated rings. The van der Waals surface area contributed by atoms with Gasteiger partial charge >= 0.3 is 6.18 Å². The highest BCUT2D eigenvalue weighted by Gasteiger charge is 2.31. The van der Waals surface area contributed by atoms with E-state index in [4.69, 9.17) is 0 Å². The number of benzene rings is 1. The van der Waals surface area contributed by atoms with Gasteiger partial charge in [0.25, 0.3) is 0 Å². The number of nitrogens with zero attached hydrogens (tertiary/aromatic N) is 3. The molecule has 0 radical (unpaired) electrons. The number of anilines is 1. The van der Waals surface area contributed by atoms with Crippen LogP contribution in [-0.4, -0.2) is 15.0 Å². The molecule has 0 aliphatic heterocycles. The third kappa shape index (κ3) is 4.12. The molecule has 0 amide bonds. The number of aryl methyl sites for hydroxylation is 1. The van der Waals surface area contributed by atoms with Crippen molar-refractivity contribution in [1.82, 2.24) is 15.0 Å². The second-order valence-electron chi connectivity index (χ2n) is 5.51. The number of pyridine rings is 1. The van der Waals surface area contributed by atoms with Crippen LogP contribution in [0.2, 0.25) is 0 Å².